The molecule has 0 rings (SSSR count). The third kappa shape index (κ3) is 8.71. The van der Waals surface area contributed by atoms with Crippen LogP contribution in [0.1, 0.15) is 34.1 Å². The van der Waals surface area contributed by atoms with Crippen LogP contribution < -0.4 is 11.1 Å². The monoisotopic (exact) mass is 290 g/mol. The molecule has 0 aromatic rings. The number of alkyl carbamates (subject to hydrolysis) is 1. The summed E-state index contributed by atoms with van der Waals surface area (Å²) >= 11 is 0. The predicted molar refractivity (Wildman–Crippen MR) is 74.3 cm³/mol. The van der Waals surface area contributed by atoms with E-state index < -0.39 is 23.2 Å². The number of amides is 1. The zero-order valence-corrected chi connectivity index (χ0v) is 12.9. The van der Waals surface area contributed by atoms with Gasteiger partial charge >= 0.3 is 12.1 Å². The number of esters is 1. The molecule has 0 spiro atoms. The molecule has 1 unspecified atom stereocenters. The number of rotatable bonds is 7. The third-order valence-electron chi connectivity index (χ3n) is 2.30. The van der Waals surface area contributed by atoms with Gasteiger partial charge in [-0.25, -0.2) is 4.79 Å². The van der Waals surface area contributed by atoms with Gasteiger partial charge in [0.25, 0.3) is 0 Å². The van der Waals surface area contributed by atoms with E-state index >= 15 is 0 Å². The van der Waals surface area contributed by atoms with Gasteiger partial charge in [-0.15, -0.1) is 0 Å². The van der Waals surface area contributed by atoms with Gasteiger partial charge in [0, 0.05) is 13.2 Å². The molecule has 0 radical (unpaired) electrons. The van der Waals surface area contributed by atoms with Crippen molar-refractivity contribution in [2.24, 2.45) is 5.73 Å². The molecule has 118 valence electrons. The highest BCUT2D eigenvalue weighted by atomic mass is 16.6. The van der Waals surface area contributed by atoms with E-state index in [0.29, 0.717) is 6.61 Å². The van der Waals surface area contributed by atoms with Crippen molar-refractivity contribution in [1.82, 2.24) is 5.32 Å². The van der Waals surface area contributed by atoms with Gasteiger partial charge in [-0.05, 0) is 27.7 Å². The van der Waals surface area contributed by atoms with Gasteiger partial charge in [-0.2, -0.15) is 0 Å². The molecule has 0 aliphatic rings. The first kappa shape index (κ1) is 18.7. The lowest BCUT2D eigenvalue weighted by Crippen LogP contribution is -2.55. The van der Waals surface area contributed by atoms with Gasteiger partial charge < -0.3 is 25.3 Å². The molecule has 3 N–H and O–H groups in total. The summed E-state index contributed by atoms with van der Waals surface area (Å²) in [6.45, 7) is 7.75. The Morgan fingerprint density at radius 2 is 1.85 bits per heavy atom. The smallest absolute Gasteiger partial charge is 0.407 e. The van der Waals surface area contributed by atoms with Crippen molar-refractivity contribution in [3.8, 4) is 0 Å². The van der Waals surface area contributed by atoms with E-state index in [-0.39, 0.29) is 19.6 Å². The van der Waals surface area contributed by atoms with Crippen LogP contribution in [0.15, 0.2) is 0 Å². The van der Waals surface area contributed by atoms with Crippen LogP contribution in [0.25, 0.3) is 0 Å². The molecule has 0 aliphatic carbocycles. The van der Waals surface area contributed by atoms with Crippen LogP contribution in [0.5, 0.6) is 0 Å². The maximum Gasteiger partial charge on any atom is 0.407 e. The number of nitrogens with one attached hydrogen (secondary N) is 1. The molecule has 0 aromatic carbocycles. The molecule has 0 bridgehead atoms. The average molecular weight is 290 g/mol. The summed E-state index contributed by atoms with van der Waals surface area (Å²) < 4.78 is 15.0. The summed E-state index contributed by atoms with van der Waals surface area (Å²) in [4.78, 5) is 23.0. The molecule has 7 nitrogen and oxygen atoms in total. The van der Waals surface area contributed by atoms with E-state index in [1.807, 2.05) is 6.92 Å². The van der Waals surface area contributed by atoms with Crippen molar-refractivity contribution in [2.45, 2.75) is 45.3 Å². The third-order valence-corrected chi connectivity index (χ3v) is 2.30. The van der Waals surface area contributed by atoms with Crippen molar-refractivity contribution < 1.29 is 23.8 Å². The highest BCUT2D eigenvalue weighted by Crippen LogP contribution is 2.10. The minimum absolute atomic E-state index is 0.0526. The lowest BCUT2D eigenvalue weighted by atomic mass is 9.97. The normalized spacial score (nSPS) is 14.3. The number of hydrogen-bond acceptors (Lipinski definition) is 6. The van der Waals surface area contributed by atoms with Crippen LogP contribution in [0.3, 0.4) is 0 Å². The number of carbonyl (C=O) groups excluding carboxylic acids is 2. The van der Waals surface area contributed by atoms with Crippen molar-refractivity contribution in [1.29, 1.82) is 0 Å². The molecule has 0 saturated heterocycles. The second-order valence-corrected chi connectivity index (χ2v) is 5.61. The van der Waals surface area contributed by atoms with Gasteiger partial charge in [0.1, 0.15) is 5.60 Å². The van der Waals surface area contributed by atoms with Crippen molar-refractivity contribution in [3.63, 3.8) is 0 Å². The second kappa shape index (κ2) is 8.06. The Hall–Kier alpha value is -1.34. The van der Waals surface area contributed by atoms with Crippen molar-refractivity contribution >= 4 is 12.1 Å². The lowest BCUT2D eigenvalue weighted by molar-refractivity contribution is -0.142. The number of hydrogen-bond donors (Lipinski definition) is 2. The summed E-state index contributed by atoms with van der Waals surface area (Å²) in [5.41, 5.74) is 4.46. The van der Waals surface area contributed by atoms with Gasteiger partial charge in [-0.3, -0.25) is 4.79 Å². The first-order valence-corrected chi connectivity index (χ1v) is 6.52. The Balaban J connectivity index is 4.49. The molecule has 0 aliphatic heterocycles. The van der Waals surface area contributed by atoms with Crippen LogP contribution >= 0.6 is 0 Å². The minimum atomic E-state index is -1.03. The van der Waals surface area contributed by atoms with E-state index in [1.165, 1.54) is 7.11 Å². The molecular formula is C13H26N2O5. The van der Waals surface area contributed by atoms with E-state index in [4.69, 9.17) is 15.2 Å². The van der Waals surface area contributed by atoms with Crippen LogP contribution in [-0.2, 0) is 19.0 Å². The Morgan fingerprint density at radius 3 is 2.30 bits per heavy atom. The zero-order chi connectivity index (χ0) is 15.8. The first-order valence-electron chi connectivity index (χ1n) is 6.52. The Morgan fingerprint density at radius 1 is 1.25 bits per heavy atom. The number of nitrogens with two attached hydrogens (primary N) is 1. The minimum Gasteiger partial charge on any atom is -0.469 e. The van der Waals surface area contributed by atoms with Gasteiger partial charge in [-0.1, -0.05) is 0 Å². The summed E-state index contributed by atoms with van der Waals surface area (Å²) in [6, 6.07) is 0. The second-order valence-electron chi connectivity index (χ2n) is 5.61. The molecule has 20 heavy (non-hydrogen) atoms. The Kier molecular flexibility index (Phi) is 7.52. The summed E-state index contributed by atoms with van der Waals surface area (Å²) in [6.07, 6.45) is -0.645. The van der Waals surface area contributed by atoms with Crippen LogP contribution in [-0.4, -0.2) is 50.1 Å². The quantitative estimate of drug-likeness (QED) is 0.673. The van der Waals surface area contributed by atoms with Gasteiger partial charge in [0.05, 0.1) is 25.7 Å². The van der Waals surface area contributed by atoms with Crippen molar-refractivity contribution in [3.05, 3.63) is 0 Å². The van der Waals surface area contributed by atoms with Crippen LogP contribution in [0.2, 0.25) is 0 Å². The summed E-state index contributed by atoms with van der Waals surface area (Å²) in [5, 5.41) is 2.54. The lowest BCUT2D eigenvalue weighted by Gasteiger charge is -2.29. The fourth-order valence-corrected chi connectivity index (χ4v) is 1.39. The fourth-order valence-electron chi connectivity index (χ4n) is 1.39. The van der Waals surface area contributed by atoms with Gasteiger partial charge in [0.2, 0.25) is 0 Å². The van der Waals surface area contributed by atoms with E-state index in [0.717, 1.165) is 0 Å². The van der Waals surface area contributed by atoms with Crippen molar-refractivity contribution in [2.75, 3.05) is 26.9 Å². The fraction of sp³-hybridized carbons (Fsp3) is 0.846. The highest BCUT2D eigenvalue weighted by molar-refractivity contribution is 5.71. The molecule has 0 fully saturated rings. The maximum absolute atomic E-state index is 11.6. The summed E-state index contributed by atoms with van der Waals surface area (Å²) in [5.74, 6) is -0.460. The summed E-state index contributed by atoms with van der Waals surface area (Å²) in [7, 11) is 1.28. The SMILES string of the molecule is CCOCC(N)(CNC(=O)OC(C)(C)C)CC(=O)OC. The van der Waals surface area contributed by atoms with E-state index in [9.17, 15) is 9.59 Å². The van der Waals surface area contributed by atoms with Crippen LogP contribution in [0.4, 0.5) is 4.79 Å². The first-order chi connectivity index (χ1) is 9.12. The molecule has 0 heterocycles. The van der Waals surface area contributed by atoms with Crippen LogP contribution in [0, 0.1) is 0 Å². The Labute approximate surface area is 120 Å². The molecule has 0 saturated carbocycles. The number of carbonyl (C=O) groups is 2. The molecule has 7 heteroatoms. The van der Waals surface area contributed by atoms with E-state index in [2.05, 4.69) is 10.1 Å². The number of ether oxygens (including phenoxy) is 3. The Bertz CT molecular complexity index is 327. The largest absolute Gasteiger partial charge is 0.469 e. The number of methoxy groups -OCH3 is 1. The topological polar surface area (TPSA) is 99.9 Å². The molecule has 1 atom stereocenters. The zero-order valence-electron chi connectivity index (χ0n) is 12.9. The highest BCUT2D eigenvalue weighted by Gasteiger charge is 2.30. The molecule has 0 aromatic heterocycles. The molecular weight excluding hydrogens is 264 g/mol. The standard InChI is InChI=1S/C13H26N2O5/c1-6-19-9-13(14,7-10(16)18-5)8-15-11(17)20-12(2,3)4/h6-9,14H2,1-5H3,(H,15,17). The predicted octanol–water partition coefficient (Wildman–Crippen LogP) is 0.808. The maximum atomic E-state index is 11.6. The van der Waals surface area contributed by atoms with E-state index in [1.54, 1.807) is 20.8 Å². The average Bonchev–Trinajstić information content (AvgIpc) is 2.32. The van der Waals surface area contributed by atoms with Gasteiger partial charge in [0.15, 0.2) is 0 Å². The molecule has 1 amide bonds.